The number of anilines is 1. The summed E-state index contributed by atoms with van der Waals surface area (Å²) in [4.78, 5) is 7.24. The third-order valence-electron chi connectivity index (χ3n) is 1.93. The standard InChI is InChI=1S/C12H14FN3O2/c1-3-9(17)5-4-8(2)7-18-12-15-6-10(13)11(14)16-12/h3-6,17H,1,7H2,2H3,(H2,14,15,16)/b8-4+,9-5+. The molecule has 0 aliphatic rings. The molecule has 0 saturated carbocycles. The minimum Gasteiger partial charge on any atom is -0.508 e. The van der Waals surface area contributed by atoms with Gasteiger partial charge in [-0.15, -0.1) is 0 Å². The molecule has 1 rings (SSSR count). The minimum atomic E-state index is -0.687. The molecule has 1 aromatic heterocycles. The van der Waals surface area contributed by atoms with Gasteiger partial charge in [-0.2, -0.15) is 4.98 Å². The first-order valence-corrected chi connectivity index (χ1v) is 5.12. The molecule has 96 valence electrons. The molecule has 0 aliphatic heterocycles. The van der Waals surface area contributed by atoms with Gasteiger partial charge in [-0.25, -0.2) is 9.37 Å². The van der Waals surface area contributed by atoms with Crippen LogP contribution >= 0.6 is 0 Å². The summed E-state index contributed by atoms with van der Waals surface area (Å²) in [5, 5.41) is 9.13. The first kappa shape index (κ1) is 13.7. The quantitative estimate of drug-likeness (QED) is 0.619. The van der Waals surface area contributed by atoms with Gasteiger partial charge in [-0.05, 0) is 24.6 Å². The maximum atomic E-state index is 12.8. The summed E-state index contributed by atoms with van der Waals surface area (Å²) in [5.41, 5.74) is 6.08. The lowest BCUT2D eigenvalue weighted by molar-refractivity contribution is 0.322. The van der Waals surface area contributed by atoms with E-state index in [0.29, 0.717) is 0 Å². The highest BCUT2D eigenvalue weighted by molar-refractivity contribution is 5.29. The molecule has 0 bridgehead atoms. The lowest BCUT2D eigenvalue weighted by Gasteiger charge is -2.04. The summed E-state index contributed by atoms with van der Waals surface area (Å²) in [5.74, 6) is -0.893. The molecule has 0 aliphatic carbocycles. The highest BCUT2D eigenvalue weighted by atomic mass is 19.1. The summed E-state index contributed by atoms with van der Waals surface area (Å²) >= 11 is 0. The van der Waals surface area contributed by atoms with Crippen LogP contribution in [0.15, 0.2) is 42.3 Å². The number of aromatic nitrogens is 2. The number of aliphatic hydroxyl groups excluding tert-OH is 1. The normalized spacial score (nSPS) is 12.3. The summed E-state index contributed by atoms with van der Waals surface area (Å²) in [6.45, 7) is 5.39. The number of ether oxygens (including phenoxy) is 1. The van der Waals surface area contributed by atoms with Crippen LogP contribution in [0.4, 0.5) is 10.2 Å². The van der Waals surface area contributed by atoms with Crippen LogP contribution in [0.1, 0.15) is 6.92 Å². The van der Waals surface area contributed by atoms with Crippen LogP contribution in [0.3, 0.4) is 0 Å². The van der Waals surface area contributed by atoms with Gasteiger partial charge in [-0.3, -0.25) is 0 Å². The Labute approximate surface area is 104 Å². The smallest absolute Gasteiger partial charge is 0.318 e. The van der Waals surface area contributed by atoms with Crippen molar-refractivity contribution < 1.29 is 14.2 Å². The lowest BCUT2D eigenvalue weighted by Crippen LogP contribution is -2.05. The number of hydrogen-bond acceptors (Lipinski definition) is 5. The van der Waals surface area contributed by atoms with Crippen LogP contribution in [0.25, 0.3) is 0 Å². The SMILES string of the molecule is C=C/C(O)=C\C=C(/C)COc1ncc(F)c(N)n1. The summed E-state index contributed by atoms with van der Waals surface area (Å²) in [6.07, 6.45) is 5.39. The molecule has 5 nitrogen and oxygen atoms in total. The van der Waals surface area contributed by atoms with E-state index in [9.17, 15) is 4.39 Å². The van der Waals surface area contributed by atoms with Crippen molar-refractivity contribution in [1.29, 1.82) is 0 Å². The Balaban J connectivity index is 2.59. The van der Waals surface area contributed by atoms with Crippen LogP contribution in [-0.2, 0) is 0 Å². The van der Waals surface area contributed by atoms with Crippen LogP contribution in [0.5, 0.6) is 6.01 Å². The van der Waals surface area contributed by atoms with Crippen molar-refractivity contribution in [3.8, 4) is 6.01 Å². The van der Waals surface area contributed by atoms with Crippen LogP contribution in [0, 0.1) is 5.82 Å². The largest absolute Gasteiger partial charge is 0.508 e. The van der Waals surface area contributed by atoms with E-state index in [4.69, 9.17) is 15.6 Å². The molecular weight excluding hydrogens is 237 g/mol. The van der Waals surface area contributed by atoms with Gasteiger partial charge in [0, 0.05) is 0 Å². The van der Waals surface area contributed by atoms with Crippen molar-refractivity contribution in [2.45, 2.75) is 6.92 Å². The van der Waals surface area contributed by atoms with Crippen LogP contribution in [0.2, 0.25) is 0 Å². The molecule has 0 aromatic carbocycles. The number of nitrogens with zero attached hydrogens (tertiary/aromatic N) is 2. The fraction of sp³-hybridized carbons (Fsp3) is 0.167. The average Bonchev–Trinajstić information content (AvgIpc) is 2.37. The maximum Gasteiger partial charge on any atom is 0.318 e. The number of rotatable bonds is 5. The number of halogens is 1. The van der Waals surface area contributed by atoms with Gasteiger partial charge in [0.25, 0.3) is 0 Å². The molecular formula is C12H14FN3O2. The first-order valence-electron chi connectivity index (χ1n) is 5.12. The Morgan fingerprint density at radius 1 is 1.61 bits per heavy atom. The summed E-state index contributed by atoms with van der Waals surface area (Å²) in [7, 11) is 0. The van der Waals surface area contributed by atoms with Crippen molar-refractivity contribution in [2.75, 3.05) is 12.3 Å². The molecule has 1 heterocycles. The first-order chi connectivity index (χ1) is 8.52. The number of aliphatic hydroxyl groups is 1. The molecule has 1 aromatic rings. The highest BCUT2D eigenvalue weighted by Crippen LogP contribution is 2.10. The molecule has 0 amide bonds. The molecule has 6 heteroatoms. The fourth-order valence-electron chi connectivity index (χ4n) is 0.955. The van der Waals surface area contributed by atoms with Gasteiger partial charge in [0.05, 0.1) is 6.20 Å². The molecule has 0 saturated heterocycles. The Bertz CT molecular complexity index is 498. The van der Waals surface area contributed by atoms with E-state index in [2.05, 4.69) is 16.5 Å². The second kappa shape index (κ2) is 6.39. The van der Waals surface area contributed by atoms with Crippen LogP contribution < -0.4 is 10.5 Å². The summed E-state index contributed by atoms with van der Waals surface area (Å²) < 4.78 is 18.0. The number of hydrogen-bond donors (Lipinski definition) is 2. The zero-order valence-corrected chi connectivity index (χ0v) is 9.93. The number of nitrogens with two attached hydrogens (primary N) is 1. The van der Waals surface area contributed by atoms with Crippen molar-refractivity contribution in [1.82, 2.24) is 9.97 Å². The molecule has 0 radical (unpaired) electrons. The van der Waals surface area contributed by atoms with E-state index in [0.717, 1.165) is 11.8 Å². The Hall–Kier alpha value is -2.37. The van der Waals surface area contributed by atoms with Crippen LogP contribution in [-0.4, -0.2) is 21.7 Å². The van der Waals surface area contributed by atoms with Gasteiger partial charge in [0.2, 0.25) is 0 Å². The highest BCUT2D eigenvalue weighted by Gasteiger charge is 2.03. The maximum absolute atomic E-state index is 12.8. The summed E-state index contributed by atoms with van der Waals surface area (Å²) in [6, 6.07) is -0.00132. The number of nitrogen functional groups attached to an aromatic ring is 1. The predicted octanol–water partition coefficient (Wildman–Crippen LogP) is 2.15. The zero-order chi connectivity index (χ0) is 13.5. The van der Waals surface area contributed by atoms with Gasteiger partial charge >= 0.3 is 6.01 Å². The van der Waals surface area contributed by atoms with Crippen molar-refractivity contribution in [3.05, 3.63) is 48.2 Å². The molecule has 3 N–H and O–H groups in total. The monoisotopic (exact) mass is 251 g/mol. The van der Waals surface area contributed by atoms with Gasteiger partial charge in [-0.1, -0.05) is 12.7 Å². The van der Waals surface area contributed by atoms with Crippen molar-refractivity contribution in [3.63, 3.8) is 0 Å². The van der Waals surface area contributed by atoms with E-state index in [1.807, 2.05) is 0 Å². The van der Waals surface area contributed by atoms with E-state index in [1.54, 1.807) is 13.0 Å². The Morgan fingerprint density at radius 3 is 2.94 bits per heavy atom. The Morgan fingerprint density at radius 2 is 2.33 bits per heavy atom. The van der Waals surface area contributed by atoms with E-state index in [1.165, 1.54) is 12.2 Å². The molecule has 0 fully saturated rings. The fourth-order valence-corrected chi connectivity index (χ4v) is 0.955. The lowest BCUT2D eigenvalue weighted by atomic mass is 10.3. The predicted molar refractivity (Wildman–Crippen MR) is 66.6 cm³/mol. The van der Waals surface area contributed by atoms with Gasteiger partial charge in [0.15, 0.2) is 11.6 Å². The average molecular weight is 251 g/mol. The second-order valence-corrected chi connectivity index (χ2v) is 3.48. The number of allylic oxidation sites excluding steroid dienone is 3. The molecule has 0 unspecified atom stereocenters. The van der Waals surface area contributed by atoms with Gasteiger partial charge < -0.3 is 15.6 Å². The minimum absolute atomic E-state index is 0.00132. The zero-order valence-electron chi connectivity index (χ0n) is 9.93. The van der Waals surface area contributed by atoms with Gasteiger partial charge in [0.1, 0.15) is 12.4 Å². The third-order valence-corrected chi connectivity index (χ3v) is 1.93. The second-order valence-electron chi connectivity index (χ2n) is 3.48. The van der Waals surface area contributed by atoms with Crippen molar-refractivity contribution >= 4 is 5.82 Å². The van der Waals surface area contributed by atoms with E-state index < -0.39 is 5.82 Å². The van der Waals surface area contributed by atoms with E-state index in [-0.39, 0.29) is 24.2 Å². The van der Waals surface area contributed by atoms with E-state index >= 15 is 0 Å². The molecule has 0 spiro atoms. The topological polar surface area (TPSA) is 81.3 Å². The Kier molecular flexibility index (Phi) is 4.86. The molecule has 0 atom stereocenters. The third kappa shape index (κ3) is 4.25. The van der Waals surface area contributed by atoms with Crippen molar-refractivity contribution in [2.24, 2.45) is 0 Å². The molecule has 18 heavy (non-hydrogen) atoms.